The van der Waals surface area contributed by atoms with Crippen LogP contribution in [0.1, 0.15) is 18.2 Å². The molecule has 9 heteroatoms. The van der Waals surface area contributed by atoms with E-state index in [1.807, 2.05) is 30.0 Å². The second-order valence-corrected chi connectivity index (χ2v) is 6.42. The highest BCUT2D eigenvalue weighted by molar-refractivity contribution is 5.88. The van der Waals surface area contributed by atoms with Gasteiger partial charge < -0.3 is 10.2 Å². The molecule has 0 atom stereocenters. The Morgan fingerprint density at radius 2 is 2.07 bits per heavy atom. The lowest BCUT2D eigenvalue weighted by atomic mass is 10.2. The number of piperazine rings is 1. The maximum absolute atomic E-state index is 14.1. The zero-order valence-electron chi connectivity index (χ0n) is 15.7. The number of hydrogen-bond acceptors (Lipinski definition) is 6. The summed E-state index contributed by atoms with van der Waals surface area (Å²) in [4.78, 5) is 23.7. The minimum atomic E-state index is -0.609. The quantitative estimate of drug-likeness (QED) is 0.766. The average molecular weight is 383 g/mol. The largest absolute Gasteiger partial charge is 0.365 e. The molecule has 1 aliphatic rings. The van der Waals surface area contributed by atoms with Crippen molar-refractivity contribution in [1.29, 1.82) is 5.26 Å². The molecule has 2 N–H and O–H groups in total. The van der Waals surface area contributed by atoms with Crippen molar-refractivity contribution in [2.24, 2.45) is 0 Å². The number of hydrogen-bond donors (Lipinski definition) is 2. The number of pyridine rings is 2. The van der Waals surface area contributed by atoms with Crippen molar-refractivity contribution >= 4 is 17.5 Å². The maximum atomic E-state index is 14.1. The van der Waals surface area contributed by atoms with Crippen LogP contribution in [0.4, 0.5) is 20.7 Å². The highest BCUT2D eigenvalue weighted by Gasteiger charge is 2.20. The van der Waals surface area contributed by atoms with Gasteiger partial charge in [-0.15, -0.1) is 0 Å². The number of urea groups is 1. The SMILES string of the molecule is CCNC(=O)Nc1cc(CN2CCN(c3ccc(C#N)nc3F)CC2)ccn1. The lowest BCUT2D eigenvalue weighted by molar-refractivity contribution is 0.249. The summed E-state index contributed by atoms with van der Waals surface area (Å²) >= 11 is 0. The minimum absolute atomic E-state index is 0.0783. The van der Waals surface area contributed by atoms with Crippen LogP contribution in [0.2, 0.25) is 0 Å². The third-order valence-corrected chi connectivity index (χ3v) is 4.47. The lowest BCUT2D eigenvalue weighted by Crippen LogP contribution is -2.46. The van der Waals surface area contributed by atoms with Gasteiger partial charge in [-0.05, 0) is 36.8 Å². The number of aromatic nitrogens is 2. The topological polar surface area (TPSA) is 97.2 Å². The van der Waals surface area contributed by atoms with Crippen molar-refractivity contribution in [3.63, 3.8) is 0 Å². The van der Waals surface area contributed by atoms with Gasteiger partial charge in [0.05, 0.1) is 5.69 Å². The summed E-state index contributed by atoms with van der Waals surface area (Å²) in [6.45, 7) is 5.98. The summed E-state index contributed by atoms with van der Waals surface area (Å²) in [5.74, 6) is -0.101. The predicted molar refractivity (Wildman–Crippen MR) is 103 cm³/mol. The summed E-state index contributed by atoms with van der Waals surface area (Å²) < 4.78 is 14.1. The number of rotatable bonds is 5. The first-order valence-corrected chi connectivity index (χ1v) is 9.12. The van der Waals surface area contributed by atoms with Gasteiger partial charge in [0.2, 0.25) is 5.95 Å². The van der Waals surface area contributed by atoms with Gasteiger partial charge in [-0.1, -0.05) is 0 Å². The molecule has 28 heavy (non-hydrogen) atoms. The number of nitrogens with one attached hydrogen (secondary N) is 2. The highest BCUT2D eigenvalue weighted by atomic mass is 19.1. The Morgan fingerprint density at radius 1 is 1.29 bits per heavy atom. The Kier molecular flexibility index (Phi) is 6.34. The summed E-state index contributed by atoms with van der Waals surface area (Å²) in [5.41, 5.74) is 1.55. The van der Waals surface area contributed by atoms with E-state index in [4.69, 9.17) is 5.26 Å². The zero-order chi connectivity index (χ0) is 19.9. The molecule has 0 spiro atoms. The van der Waals surface area contributed by atoms with Crippen molar-refractivity contribution in [3.05, 3.63) is 47.7 Å². The molecule has 0 radical (unpaired) electrons. The first kappa shape index (κ1) is 19.5. The Hall–Kier alpha value is -3.25. The number of carbonyl (C=O) groups excluding carboxylic acids is 1. The van der Waals surface area contributed by atoms with Crippen LogP contribution in [-0.2, 0) is 6.54 Å². The molecule has 0 bridgehead atoms. The van der Waals surface area contributed by atoms with E-state index in [1.54, 1.807) is 12.3 Å². The molecule has 0 aliphatic carbocycles. The number of anilines is 2. The van der Waals surface area contributed by atoms with E-state index in [2.05, 4.69) is 25.5 Å². The van der Waals surface area contributed by atoms with Crippen LogP contribution in [0.5, 0.6) is 0 Å². The highest BCUT2D eigenvalue weighted by Crippen LogP contribution is 2.20. The van der Waals surface area contributed by atoms with Crippen LogP contribution < -0.4 is 15.5 Å². The van der Waals surface area contributed by atoms with Crippen LogP contribution in [0.25, 0.3) is 0 Å². The van der Waals surface area contributed by atoms with E-state index < -0.39 is 5.95 Å². The van der Waals surface area contributed by atoms with Gasteiger partial charge in [0, 0.05) is 45.5 Å². The van der Waals surface area contributed by atoms with Gasteiger partial charge in [-0.25, -0.2) is 14.8 Å². The van der Waals surface area contributed by atoms with Crippen molar-refractivity contribution in [1.82, 2.24) is 20.2 Å². The van der Waals surface area contributed by atoms with E-state index >= 15 is 0 Å². The van der Waals surface area contributed by atoms with E-state index in [9.17, 15) is 9.18 Å². The Morgan fingerprint density at radius 3 is 2.75 bits per heavy atom. The van der Waals surface area contributed by atoms with Gasteiger partial charge in [-0.3, -0.25) is 10.2 Å². The Balaban J connectivity index is 1.56. The molecule has 146 valence electrons. The molecule has 3 rings (SSSR count). The van der Waals surface area contributed by atoms with Crippen molar-refractivity contribution in [2.75, 3.05) is 42.9 Å². The van der Waals surface area contributed by atoms with Crippen LogP contribution in [0.3, 0.4) is 0 Å². The van der Waals surface area contributed by atoms with Gasteiger partial charge in [-0.2, -0.15) is 9.65 Å². The molecule has 1 saturated heterocycles. The molecule has 0 aromatic carbocycles. The first-order chi connectivity index (χ1) is 13.6. The van der Waals surface area contributed by atoms with Gasteiger partial charge in [0.25, 0.3) is 0 Å². The molecule has 2 amide bonds. The Labute approximate surface area is 163 Å². The summed E-state index contributed by atoms with van der Waals surface area (Å²) in [5, 5.41) is 14.2. The molecule has 2 aromatic heterocycles. The Bertz CT molecular complexity index is 875. The number of halogens is 1. The molecular formula is C19H22FN7O. The van der Waals surface area contributed by atoms with Gasteiger partial charge in [0.1, 0.15) is 17.6 Å². The normalized spacial score (nSPS) is 14.4. The van der Waals surface area contributed by atoms with E-state index in [0.29, 0.717) is 37.7 Å². The van der Waals surface area contributed by atoms with E-state index in [-0.39, 0.29) is 11.7 Å². The van der Waals surface area contributed by atoms with E-state index in [1.165, 1.54) is 6.07 Å². The molecule has 8 nitrogen and oxygen atoms in total. The predicted octanol–water partition coefficient (Wildman–Crippen LogP) is 1.95. The minimum Gasteiger partial charge on any atom is -0.365 e. The number of nitriles is 1. The molecule has 2 aromatic rings. The molecule has 3 heterocycles. The second-order valence-electron chi connectivity index (χ2n) is 6.42. The van der Waals surface area contributed by atoms with Gasteiger partial charge in [0.15, 0.2) is 0 Å². The van der Waals surface area contributed by atoms with E-state index in [0.717, 1.165) is 18.7 Å². The smallest absolute Gasteiger partial charge is 0.320 e. The second kappa shape index (κ2) is 9.10. The van der Waals surface area contributed by atoms with Crippen LogP contribution in [0, 0.1) is 17.3 Å². The summed E-state index contributed by atoms with van der Waals surface area (Å²) in [6, 6.07) is 8.48. The third-order valence-electron chi connectivity index (χ3n) is 4.47. The molecule has 1 fully saturated rings. The van der Waals surface area contributed by atoms with Crippen molar-refractivity contribution < 1.29 is 9.18 Å². The molecular weight excluding hydrogens is 361 g/mol. The first-order valence-electron chi connectivity index (χ1n) is 9.12. The summed E-state index contributed by atoms with van der Waals surface area (Å²) in [6.07, 6.45) is 1.67. The number of nitrogens with zero attached hydrogens (tertiary/aromatic N) is 5. The van der Waals surface area contributed by atoms with Crippen LogP contribution >= 0.6 is 0 Å². The van der Waals surface area contributed by atoms with Crippen LogP contribution in [-0.4, -0.2) is 53.6 Å². The fourth-order valence-electron chi connectivity index (χ4n) is 3.09. The fourth-order valence-corrected chi connectivity index (χ4v) is 3.09. The fraction of sp³-hybridized carbons (Fsp3) is 0.368. The average Bonchev–Trinajstić information content (AvgIpc) is 2.69. The van der Waals surface area contributed by atoms with Crippen molar-refractivity contribution in [3.8, 4) is 6.07 Å². The van der Waals surface area contributed by atoms with Crippen LogP contribution in [0.15, 0.2) is 30.5 Å². The number of carbonyl (C=O) groups is 1. The standard InChI is InChI=1S/C19H22FN7O/c1-2-22-19(28)25-17-11-14(5-6-23-17)13-26-7-9-27(10-8-26)16-4-3-15(12-21)24-18(16)20/h3-6,11H,2,7-10,13H2,1H3,(H2,22,23,25,28). The molecule has 0 unspecified atom stereocenters. The summed E-state index contributed by atoms with van der Waals surface area (Å²) in [7, 11) is 0. The zero-order valence-corrected chi connectivity index (χ0v) is 15.7. The van der Waals surface area contributed by atoms with Gasteiger partial charge >= 0.3 is 6.03 Å². The molecule has 1 aliphatic heterocycles. The lowest BCUT2D eigenvalue weighted by Gasteiger charge is -2.36. The molecule has 0 saturated carbocycles. The number of amides is 2. The maximum Gasteiger partial charge on any atom is 0.320 e. The monoisotopic (exact) mass is 383 g/mol. The van der Waals surface area contributed by atoms with Crippen molar-refractivity contribution in [2.45, 2.75) is 13.5 Å². The third kappa shape index (κ3) is 4.92.